The van der Waals surface area contributed by atoms with E-state index < -0.39 is 0 Å². The summed E-state index contributed by atoms with van der Waals surface area (Å²) in [5.74, 6) is 1.59. The van der Waals surface area contributed by atoms with Crippen LogP contribution in [-0.4, -0.2) is 12.1 Å². The molecule has 0 saturated carbocycles. The number of hydrogen-bond donors (Lipinski definition) is 1. The lowest BCUT2D eigenvalue weighted by molar-refractivity contribution is 0.309. The third-order valence-corrected chi connectivity index (χ3v) is 3.29. The summed E-state index contributed by atoms with van der Waals surface area (Å²) < 4.78 is 11.1. The van der Waals surface area contributed by atoms with Gasteiger partial charge in [0.15, 0.2) is 0 Å². The van der Waals surface area contributed by atoms with E-state index in [4.69, 9.17) is 15.2 Å². The van der Waals surface area contributed by atoms with Gasteiger partial charge in [0.05, 0.1) is 18.3 Å². The van der Waals surface area contributed by atoms with E-state index in [0.717, 1.165) is 28.0 Å². The molecular formula is C17H16N2O2. The molecule has 0 aliphatic heterocycles. The minimum absolute atomic E-state index is 0.463. The average Bonchev–Trinajstić information content (AvgIpc) is 2.55. The summed E-state index contributed by atoms with van der Waals surface area (Å²) in [5, 5.41) is 0.917. The number of hydrogen-bond acceptors (Lipinski definition) is 4. The summed E-state index contributed by atoms with van der Waals surface area (Å²) in [4.78, 5) is 4.30. The Morgan fingerprint density at radius 1 is 1.10 bits per heavy atom. The lowest BCUT2D eigenvalue weighted by atomic mass is 10.1. The summed E-state index contributed by atoms with van der Waals surface area (Å²) in [6.07, 6.45) is 1.73. The molecule has 21 heavy (non-hydrogen) atoms. The van der Waals surface area contributed by atoms with Gasteiger partial charge in [-0.05, 0) is 42.0 Å². The van der Waals surface area contributed by atoms with Crippen LogP contribution in [0.5, 0.6) is 11.5 Å². The van der Waals surface area contributed by atoms with Crippen molar-refractivity contribution in [3.05, 3.63) is 60.3 Å². The molecule has 0 atom stereocenters. The number of nitrogens with two attached hydrogens (primary N) is 1. The minimum Gasteiger partial charge on any atom is -0.497 e. The van der Waals surface area contributed by atoms with Crippen LogP contribution >= 0.6 is 0 Å². The predicted molar refractivity (Wildman–Crippen MR) is 83.5 cm³/mol. The molecule has 0 saturated heterocycles. The summed E-state index contributed by atoms with van der Waals surface area (Å²) in [5.41, 5.74) is 8.40. The molecule has 0 aliphatic rings. The molecule has 4 nitrogen and oxygen atoms in total. The first-order chi connectivity index (χ1) is 10.3. The third-order valence-electron chi connectivity index (χ3n) is 3.29. The van der Waals surface area contributed by atoms with Crippen molar-refractivity contribution in [3.63, 3.8) is 0 Å². The van der Waals surface area contributed by atoms with Crippen molar-refractivity contribution >= 4 is 16.6 Å². The summed E-state index contributed by atoms with van der Waals surface area (Å²) in [6, 6.07) is 15.3. The van der Waals surface area contributed by atoms with Crippen LogP contribution in [-0.2, 0) is 6.61 Å². The van der Waals surface area contributed by atoms with Crippen LogP contribution < -0.4 is 15.2 Å². The van der Waals surface area contributed by atoms with Gasteiger partial charge in [0.25, 0.3) is 0 Å². The van der Waals surface area contributed by atoms with Crippen molar-refractivity contribution in [1.82, 2.24) is 4.98 Å². The van der Waals surface area contributed by atoms with E-state index in [9.17, 15) is 0 Å². The molecule has 2 aromatic carbocycles. The average molecular weight is 280 g/mol. The largest absolute Gasteiger partial charge is 0.497 e. The van der Waals surface area contributed by atoms with Crippen molar-refractivity contribution in [2.24, 2.45) is 0 Å². The Hall–Kier alpha value is -2.75. The highest BCUT2D eigenvalue weighted by Gasteiger charge is 2.06. The number of methoxy groups -OCH3 is 1. The Morgan fingerprint density at radius 2 is 2.00 bits per heavy atom. The molecule has 0 fully saturated rings. The number of benzene rings is 2. The van der Waals surface area contributed by atoms with Crippen LogP contribution in [0.1, 0.15) is 5.56 Å². The van der Waals surface area contributed by atoms with Gasteiger partial charge in [-0.15, -0.1) is 0 Å². The zero-order valence-corrected chi connectivity index (χ0v) is 11.7. The van der Waals surface area contributed by atoms with Crippen molar-refractivity contribution in [2.45, 2.75) is 6.61 Å². The topological polar surface area (TPSA) is 57.4 Å². The van der Waals surface area contributed by atoms with E-state index in [2.05, 4.69) is 4.98 Å². The number of nitrogen functional groups attached to an aromatic ring is 1. The van der Waals surface area contributed by atoms with E-state index in [0.29, 0.717) is 12.3 Å². The van der Waals surface area contributed by atoms with Gasteiger partial charge in [-0.1, -0.05) is 12.1 Å². The molecule has 0 bridgehead atoms. The second kappa shape index (κ2) is 5.71. The maximum atomic E-state index is 5.94. The van der Waals surface area contributed by atoms with Crippen LogP contribution in [0.4, 0.5) is 5.69 Å². The Balaban J connectivity index is 1.87. The first kappa shape index (κ1) is 13.2. The van der Waals surface area contributed by atoms with E-state index in [1.54, 1.807) is 13.3 Å². The SMILES string of the molecule is COc1cccc(COc2ccc(N)c3ncccc23)c1. The van der Waals surface area contributed by atoms with Crippen LogP contribution in [0.2, 0.25) is 0 Å². The zero-order valence-electron chi connectivity index (χ0n) is 11.7. The Morgan fingerprint density at radius 3 is 2.86 bits per heavy atom. The quantitative estimate of drug-likeness (QED) is 0.744. The molecular weight excluding hydrogens is 264 g/mol. The van der Waals surface area contributed by atoms with Gasteiger partial charge in [0, 0.05) is 11.6 Å². The highest BCUT2D eigenvalue weighted by atomic mass is 16.5. The summed E-state index contributed by atoms with van der Waals surface area (Å²) >= 11 is 0. The zero-order chi connectivity index (χ0) is 14.7. The van der Waals surface area contributed by atoms with Crippen molar-refractivity contribution in [3.8, 4) is 11.5 Å². The molecule has 0 radical (unpaired) electrons. The summed E-state index contributed by atoms with van der Waals surface area (Å²) in [7, 11) is 1.65. The second-order valence-corrected chi connectivity index (χ2v) is 4.69. The smallest absolute Gasteiger partial charge is 0.129 e. The van der Waals surface area contributed by atoms with Crippen molar-refractivity contribution < 1.29 is 9.47 Å². The van der Waals surface area contributed by atoms with Gasteiger partial charge >= 0.3 is 0 Å². The molecule has 0 amide bonds. The maximum Gasteiger partial charge on any atom is 0.129 e. The predicted octanol–water partition coefficient (Wildman–Crippen LogP) is 3.40. The Labute approximate surface area is 123 Å². The molecule has 0 aliphatic carbocycles. The number of anilines is 1. The Bertz CT molecular complexity index is 772. The number of rotatable bonds is 4. The number of nitrogens with zero attached hydrogens (tertiary/aromatic N) is 1. The lowest BCUT2D eigenvalue weighted by Crippen LogP contribution is -1.98. The maximum absolute atomic E-state index is 5.94. The monoisotopic (exact) mass is 280 g/mol. The van der Waals surface area contributed by atoms with Gasteiger partial charge in [0.2, 0.25) is 0 Å². The number of ether oxygens (including phenoxy) is 2. The highest BCUT2D eigenvalue weighted by Crippen LogP contribution is 2.29. The van der Waals surface area contributed by atoms with Crippen LogP contribution in [0.15, 0.2) is 54.7 Å². The first-order valence-electron chi connectivity index (χ1n) is 6.67. The van der Waals surface area contributed by atoms with Crippen LogP contribution in [0.25, 0.3) is 10.9 Å². The molecule has 0 unspecified atom stereocenters. The van der Waals surface area contributed by atoms with Crippen molar-refractivity contribution in [2.75, 3.05) is 12.8 Å². The first-order valence-corrected chi connectivity index (χ1v) is 6.67. The molecule has 1 aromatic heterocycles. The lowest BCUT2D eigenvalue weighted by Gasteiger charge is -2.11. The number of pyridine rings is 1. The van der Waals surface area contributed by atoms with E-state index in [-0.39, 0.29) is 0 Å². The van der Waals surface area contributed by atoms with Crippen LogP contribution in [0, 0.1) is 0 Å². The molecule has 3 rings (SSSR count). The molecule has 2 N–H and O–H groups in total. The molecule has 4 heteroatoms. The van der Waals surface area contributed by atoms with Gasteiger partial charge in [-0.3, -0.25) is 4.98 Å². The van der Waals surface area contributed by atoms with E-state index in [1.807, 2.05) is 48.5 Å². The fraction of sp³-hybridized carbons (Fsp3) is 0.118. The second-order valence-electron chi connectivity index (χ2n) is 4.69. The molecule has 0 spiro atoms. The fourth-order valence-electron chi connectivity index (χ4n) is 2.22. The Kier molecular flexibility index (Phi) is 3.60. The highest BCUT2D eigenvalue weighted by molar-refractivity contribution is 5.93. The fourth-order valence-corrected chi connectivity index (χ4v) is 2.22. The van der Waals surface area contributed by atoms with E-state index in [1.165, 1.54) is 0 Å². The molecule has 1 heterocycles. The van der Waals surface area contributed by atoms with Gasteiger partial charge in [-0.25, -0.2) is 0 Å². The molecule has 106 valence electrons. The van der Waals surface area contributed by atoms with Gasteiger partial charge in [-0.2, -0.15) is 0 Å². The third kappa shape index (κ3) is 2.74. The summed E-state index contributed by atoms with van der Waals surface area (Å²) in [6.45, 7) is 0.463. The standard InChI is InChI=1S/C17H16N2O2/c1-20-13-5-2-4-12(10-13)11-21-16-8-7-15(18)17-14(16)6-3-9-19-17/h2-10H,11,18H2,1H3. The number of aromatic nitrogens is 1. The normalized spacial score (nSPS) is 10.5. The van der Waals surface area contributed by atoms with Gasteiger partial charge in [0.1, 0.15) is 18.1 Å². The minimum atomic E-state index is 0.463. The van der Waals surface area contributed by atoms with Crippen molar-refractivity contribution in [1.29, 1.82) is 0 Å². The molecule has 3 aromatic rings. The van der Waals surface area contributed by atoms with Crippen LogP contribution in [0.3, 0.4) is 0 Å². The van der Waals surface area contributed by atoms with Gasteiger partial charge < -0.3 is 15.2 Å². The number of fused-ring (bicyclic) bond motifs is 1. The van der Waals surface area contributed by atoms with E-state index >= 15 is 0 Å².